The number of hydrogen-bond donors (Lipinski definition) is 1. The van der Waals surface area contributed by atoms with E-state index in [1.165, 1.54) is 0 Å². The van der Waals surface area contributed by atoms with Crippen molar-refractivity contribution in [1.82, 2.24) is 10.2 Å². The van der Waals surface area contributed by atoms with E-state index in [0.29, 0.717) is 35.2 Å². The maximum absolute atomic E-state index is 12.7. The smallest absolute Gasteiger partial charge is 0.254 e. The molecule has 0 spiro atoms. The van der Waals surface area contributed by atoms with Gasteiger partial charge in [0.25, 0.3) is 5.91 Å². The third-order valence-electron chi connectivity index (χ3n) is 3.69. The summed E-state index contributed by atoms with van der Waals surface area (Å²) in [4.78, 5) is 14.6. The SMILES string of the molecule is CCCOc1c(Cl)cc(C(=O)N2CCNC[C@@H]2C)cc1OC.Cl. The van der Waals surface area contributed by atoms with Crippen LogP contribution in [0.5, 0.6) is 11.5 Å². The van der Waals surface area contributed by atoms with Crippen LogP contribution in [-0.4, -0.2) is 50.2 Å². The molecule has 1 amide bonds. The Morgan fingerprint density at radius 1 is 1.48 bits per heavy atom. The number of hydrogen-bond acceptors (Lipinski definition) is 4. The van der Waals surface area contributed by atoms with Gasteiger partial charge in [-0.05, 0) is 25.5 Å². The lowest BCUT2D eigenvalue weighted by molar-refractivity contribution is 0.0655. The number of halogens is 2. The van der Waals surface area contributed by atoms with Gasteiger partial charge in [-0.2, -0.15) is 0 Å². The Bertz CT molecular complexity index is 540. The molecule has 1 fully saturated rings. The van der Waals surface area contributed by atoms with E-state index in [1.54, 1.807) is 19.2 Å². The minimum atomic E-state index is -0.0313. The van der Waals surface area contributed by atoms with Gasteiger partial charge in [0.15, 0.2) is 11.5 Å². The summed E-state index contributed by atoms with van der Waals surface area (Å²) < 4.78 is 11.0. The first-order valence-corrected chi connectivity index (χ1v) is 7.98. The summed E-state index contributed by atoms with van der Waals surface area (Å²) in [6.07, 6.45) is 0.873. The molecule has 23 heavy (non-hydrogen) atoms. The van der Waals surface area contributed by atoms with Gasteiger partial charge in [0.2, 0.25) is 0 Å². The van der Waals surface area contributed by atoms with Gasteiger partial charge in [-0.1, -0.05) is 18.5 Å². The fourth-order valence-electron chi connectivity index (χ4n) is 2.50. The van der Waals surface area contributed by atoms with Crippen molar-refractivity contribution in [1.29, 1.82) is 0 Å². The molecular formula is C16H24Cl2N2O3. The van der Waals surface area contributed by atoms with Crippen LogP contribution in [0.1, 0.15) is 30.6 Å². The molecule has 1 heterocycles. The summed E-state index contributed by atoms with van der Waals surface area (Å²) in [5, 5.41) is 3.67. The molecule has 1 aliphatic rings. The van der Waals surface area contributed by atoms with Crippen LogP contribution in [0.2, 0.25) is 5.02 Å². The molecule has 0 radical (unpaired) electrons. The van der Waals surface area contributed by atoms with E-state index in [9.17, 15) is 4.79 Å². The molecule has 0 bridgehead atoms. The number of benzene rings is 1. The molecule has 0 saturated carbocycles. The van der Waals surface area contributed by atoms with Gasteiger partial charge in [-0.3, -0.25) is 4.79 Å². The van der Waals surface area contributed by atoms with E-state index in [2.05, 4.69) is 5.32 Å². The zero-order valence-corrected chi connectivity index (χ0v) is 15.3. The maximum Gasteiger partial charge on any atom is 0.254 e. The highest BCUT2D eigenvalue weighted by atomic mass is 35.5. The molecule has 0 aliphatic carbocycles. The predicted molar refractivity (Wildman–Crippen MR) is 94.4 cm³/mol. The number of carbonyl (C=O) groups is 1. The van der Waals surface area contributed by atoms with Crippen LogP contribution in [-0.2, 0) is 0 Å². The van der Waals surface area contributed by atoms with Gasteiger partial charge < -0.3 is 19.7 Å². The van der Waals surface area contributed by atoms with Crippen molar-refractivity contribution >= 4 is 29.9 Å². The number of nitrogens with one attached hydrogen (secondary N) is 1. The summed E-state index contributed by atoms with van der Waals surface area (Å²) in [5.74, 6) is 0.958. The third kappa shape index (κ3) is 4.66. The second-order valence-corrected chi connectivity index (χ2v) is 5.80. The Hall–Kier alpha value is -1.17. The third-order valence-corrected chi connectivity index (χ3v) is 3.97. The number of ether oxygens (including phenoxy) is 2. The monoisotopic (exact) mass is 362 g/mol. The Labute approximate surface area is 148 Å². The highest BCUT2D eigenvalue weighted by Crippen LogP contribution is 2.37. The molecular weight excluding hydrogens is 339 g/mol. The largest absolute Gasteiger partial charge is 0.493 e. The van der Waals surface area contributed by atoms with E-state index in [-0.39, 0.29) is 24.4 Å². The average molecular weight is 363 g/mol. The molecule has 1 atom stereocenters. The topological polar surface area (TPSA) is 50.8 Å². The van der Waals surface area contributed by atoms with E-state index in [4.69, 9.17) is 21.1 Å². The molecule has 1 N–H and O–H groups in total. The van der Waals surface area contributed by atoms with Crippen LogP contribution in [0.25, 0.3) is 0 Å². The van der Waals surface area contributed by atoms with E-state index >= 15 is 0 Å². The lowest BCUT2D eigenvalue weighted by Gasteiger charge is -2.34. The first-order valence-electron chi connectivity index (χ1n) is 7.60. The number of nitrogens with zero attached hydrogens (tertiary/aromatic N) is 1. The van der Waals surface area contributed by atoms with Gasteiger partial charge in [0.05, 0.1) is 18.7 Å². The highest BCUT2D eigenvalue weighted by Gasteiger charge is 2.25. The van der Waals surface area contributed by atoms with Crippen molar-refractivity contribution in [3.8, 4) is 11.5 Å². The van der Waals surface area contributed by atoms with Gasteiger partial charge in [-0.15, -0.1) is 12.4 Å². The summed E-state index contributed by atoms with van der Waals surface area (Å²) >= 11 is 6.28. The zero-order chi connectivity index (χ0) is 16.1. The molecule has 1 saturated heterocycles. The lowest BCUT2D eigenvalue weighted by Crippen LogP contribution is -2.52. The van der Waals surface area contributed by atoms with Gasteiger partial charge in [0.1, 0.15) is 0 Å². The van der Waals surface area contributed by atoms with Crippen molar-refractivity contribution < 1.29 is 14.3 Å². The molecule has 0 unspecified atom stereocenters. The van der Waals surface area contributed by atoms with Crippen molar-refractivity contribution in [3.05, 3.63) is 22.7 Å². The number of amides is 1. The molecule has 5 nitrogen and oxygen atoms in total. The number of piperazine rings is 1. The van der Waals surface area contributed by atoms with Crippen molar-refractivity contribution in [2.45, 2.75) is 26.3 Å². The molecule has 2 rings (SSSR count). The van der Waals surface area contributed by atoms with Crippen LogP contribution in [0.15, 0.2) is 12.1 Å². The highest BCUT2D eigenvalue weighted by molar-refractivity contribution is 6.32. The summed E-state index contributed by atoms with van der Waals surface area (Å²) in [6.45, 7) is 6.89. The zero-order valence-electron chi connectivity index (χ0n) is 13.7. The van der Waals surface area contributed by atoms with E-state index in [1.807, 2.05) is 18.7 Å². The fraction of sp³-hybridized carbons (Fsp3) is 0.562. The van der Waals surface area contributed by atoms with Crippen molar-refractivity contribution in [3.63, 3.8) is 0 Å². The van der Waals surface area contributed by atoms with Crippen molar-refractivity contribution in [2.75, 3.05) is 33.4 Å². The van der Waals surface area contributed by atoms with E-state index < -0.39 is 0 Å². The molecule has 1 aromatic carbocycles. The molecule has 1 aliphatic heterocycles. The molecule has 130 valence electrons. The van der Waals surface area contributed by atoms with Gasteiger partial charge in [0, 0.05) is 31.2 Å². The maximum atomic E-state index is 12.7. The van der Waals surface area contributed by atoms with Crippen LogP contribution < -0.4 is 14.8 Å². The standard InChI is InChI=1S/C16H23ClN2O3.ClH/c1-4-7-22-15-13(17)8-12(9-14(15)21-3)16(20)19-6-5-18-10-11(19)2;/h8-9,11,18H,4-7,10H2,1-3H3;1H/t11-;/m0./s1. The minimum Gasteiger partial charge on any atom is -0.493 e. The summed E-state index contributed by atoms with van der Waals surface area (Å²) in [5.41, 5.74) is 0.527. The Morgan fingerprint density at radius 2 is 2.22 bits per heavy atom. The number of methoxy groups -OCH3 is 1. The Balaban J connectivity index is 0.00000264. The lowest BCUT2D eigenvalue weighted by atomic mass is 10.1. The minimum absolute atomic E-state index is 0. The second kappa shape index (κ2) is 9.21. The number of rotatable bonds is 5. The van der Waals surface area contributed by atoms with Crippen molar-refractivity contribution in [2.24, 2.45) is 0 Å². The second-order valence-electron chi connectivity index (χ2n) is 5.39. The number of carbonyl (C=O) groups excluding carboxylic acids is 1. The normalized spacial score (nSPS) is 17.4. The molecule has 1 aromatic rings. The Kier molecular flexibility index (Phi) is 7.95. The van der Waals surface area contributed by atoms with Gasteiger partial charge >= 0.3 is 0 Å². The van der Waals surface area contributed by atoms with E-state index in [0.717, 1.165) is 19.5 Å². The predicted octanol–water partition coefficient (Wildman–Crippen LogP) is 2.99. The van der Waals surface area contributed by atoms with Crippen LogP contribution in [0.3, 0.4) is 0 Å². The van der Waals surface area contributed by atoms with Gasteiger partial charge in [-0.25, -0.2) is 0 Å². The van der Waals surface area contributed by atoms with Crippen LogP contribution in [0, 0.1) is 0 Å². The summed E-state index contributed by atoms with van der Waals surface area (Å²) in [7, 11) is 1.55. The first kappa shape index (κ1) is 19.9. The Morgan fingerprint density at radius 3 is 2.83 bits per heavy atom. The molecule has 0 aromatic heterocycles. The first-order chi connectivity index (χ1) is 10.6. The quantitative estimate of drug-likeness (QED) is 0.874. The fourth-order valence-corrected chi connectivity index (χ4v) is 2.76. The summed E-state index contributed by atoms with van der Waals surface area (Å²) in [6, 6.07) is 3.52. The van der Waals surface area contributed by atoms with Crippen LogP contribution in [0.4, 0.5) is 0 Å². The molecule has 7 heteroatoms. The van der Waals surface area contributed by atoms with Crippen LogP contribution >= 0.6 is 24.0 Å². The average Bonchev–Trinajstić information content (AvgIpc) is 2.53.